The summed E-state index contributed by atoms with van der Waals surface area (Å²) in [7, 11) is 0. The molecule has 1 heterocycles. The Morgan fingerprint density at radius 2 is 2.11 bits per heavy atom. The first kappa shape index (κ1) is 12.9. The minimum absolute atomic E-state index is 0.00637. The van der Waals surface area contributed by atoms with E-state index in [1.54, 1.807) is 0 Å². The number of hydrogen-bond acceptors (Lipinski definition) is 3. The van der Waals surface area contributed by atoms with E-state index in [0.29, 0.717) is 13.2 Å². The van der Waals surface area contributed by atoms with Crippen molar-refractivity contribution >= 4 is 5.91 Å². The minimum atomic E-state index is -0.192. The monoisotopic (exact) mass is 248 g/mol. The van der Waals surface area contributed by atoms with Gasteiger partial charge in [0, 0.05) is 11.1 Å². The zero-order valence-corrected chi connectivity index (χ0v) is 11.1. The summed E-state index contributed by atoms with van der Waals surface area (Å²) in [6.45, 7) is 6.80. The van der Waals surface area contributed by atoms with Crippen LogP contribution in [-0.4, -0.2) is 24.6 Å². The first-order valence-corrected chi connectivity index (χ1v) is 6.22. The number of fused-ring (bicyclic) bond motifs is 1. The lowest BCUT2D eigenvalue weighted by Gasteiger charge is -2.21. The average molecular weight is 248 g/mol. The van der Waals surface area contributed by atoms with E-state index in [4.69, 9.17) is 4.74 Å². The van der Waals surface area contributed by atoms with Crippen molar-refractivity contribution in [3.63, 3.8) is 0 Å². The van der Waals surface area contributed by atoms with Crippen molar-refractivity contribution in [3.05, 3.63) is 29.8 Å². The van der Waals surface area contributed by atoms with Gasteiger partial charge in [0.15, 0.2) is 0 Å². The number of rotatable bonds is 3. The third kappa shape index (κ3) is 3.23. The summed E-state index contributed by atoms with van der Waals surface area (Å²) in [5.41, 5.74) is 0.934. The summed E-state index contributed by atoms with van der Waals surface area (Å²) in [6, 6.07) is 8.02. The average Bonchev–Trinajstić information content (AvgIpc) is 2.67. The minimum Gasteiger partial charge on any atom is -0.491 e. The molecule has 4 heteroatoms. The highest BCUT2D eigenvalue weighted by molar-refractivity contribution is 5.78. The zero-order valence-electron chi connectivity index (χ0n) is 11.1. The van der Waals surface area contributed by atoms with Crippen LogP contribution in [-0.2, 0) is 4.79 Å². The number of carbonyl (C=O) groups is 1. The molecule has 98 valence electrons. The molecular formula is C14H20N2O2. The van der Waals surface area contributed by atoms with E-state index in [0.717, 1.165) is 11.3 Å². The number of benzene rings is 1. The molecule has 4 nitrogen and oxygen atoms in total. The molecule has 0 spiro atoms. The number of hydrogen-bond donors (Lipinski definition) is 2. The van der Waals surface area contributed by atoms with Crippen molar-refractivity contribution in [2.75, 3.05) is 13.2 Å². The first-order valence-electron chi connectivity index (χ1n) is 6.22. The molecule has 0 saturated carbocycles. The van der Waals surface area contributed by atoms with Crippen molar-refractivity contribution in [2.24, 2.45) is 0 Å². The van der Waals surface area contributed by atoms with Gasteiger partial charge in [-0.05, 0) is 26.8 Å². The maximum absolute atomic E-state index is 11.7. The van der Waals surface area contributed by atoms with Crippen LogP contribution >= 0.6 is 0 Å². The van der Waals surface area contributed by atoms with Crippen LogP contribution in [0.1, 0.15) is 32.4 Å². The highest BCUT2D eigenvalue weighted by atomic mass is 16.5. The molecule has 18 heavy (non-hydrogen) atoms. The van der Waals surface area contributed by atoms with Gasteiger partial charge in [-0.15, -0.1) is 0 Å². The fourth-order valence-electron chi connectivity index (χ4n) is 2.01. The van der Waals surface area contributed by atoms with Gasteiger partial charge in [-0.25, -0.2) is 0 Å². The van der Waals surface area contributed by atoms with Crippen molar-refractivity contribution in [3.8, 4) is 5.75 Å². The van der Waals surface area contributed by atoms with Crippen molar-refractivity contribution < 1.29 is 9.53 Å². The molecule has 1 aliphatic heterocycles. The Balaban J connectivity index is 1.87. The predicted octanol–water partition coefficient (Wildman–Crippen LogP) is 1.62. The lowest BCUT2D eigenvalue weighted by molar-refractivity contribution is -0.121. The molecule has 0 bridgehead atoms. The molecule has 0 fully saturated rings. The summed E-state index contributed by atoms with van der Waals surface area (Å²) in [6.07, 6.45) is 0. The van der Waals surface area contributed by atoms with Gasteiger partial charge in [-0.3, -0.25) is 10.1 Å². The van der Waals surface area contributed by atoms with Gasteiger partial charge in [0.25, 0.3) is 0 Å². The topological polar surface area (TPSA) is 50.4 Å². The number of ether oxygens (including phenoxy) is 1. The summed E-state index contributed by atoms with van der Waals surface area (Å²) in [4.78, 5) is 11.7. The van der Waals surface area contributed by atoms with Gasteiger partial charge < -0.3 is 10.1 Å². The summed E-state index contributed by atoms with van der Waals surface area (Å²) < 4.78 is 5.55. The highest BCUT2D eigenvalue weighted by Gasteiger charge is 2.24. The molecule has 1 atom stereocenters. The Kier molecular flexibility index (Phi) is 3.57. The van der Waals surface area contributed by atoms with E-state index in [1.165, 1.54) is 0 Å². The van der Waals surface area contributed by atoms with E-state index in [2.05, 4.69) is 10.6 Å². The predicted molar refractivity (Wildman–Crippen MR) is 70.6 cm³/mol. The van der Waals surface area contributed by atoms with Crippen LogP contribution in [0.25, 0.3) is 0 Å². The summed E-state index contributed by atoms with van der Waals surface area (Å²) in [5, 5.41) is 6.15. The molecule has 1 amide bonds. The molecule has 1 aliphatic rings. The lowest BCUT2D eigenvalue weighted by Crippen LogP contribution is -2.45. The van der Waals surface area contributed by atoms with E-state index in [-0.39, 0.29) is 17.5 Å². The van der Waals surface area contributed by atoms with Crippen molar-refractivity contribution in [1.82, 2.24) is 10.6 Å². The van der Waals surface area contributed by atoms with Crippen molar-refractivity contribution in [2.45, 2.75) is 32.4 Å². The summed E-state index contributed by atoms with van der Waals surface area (Å²) >= 11 is 0. The Hall–Kier alpha value is -1.55. The van der Waals surface area contributed by atoms with Gasteiger partial charge in [-0.2, -0.15) is 0 Å². The molecule has 0 saturated heterocycles. The van der Waals surface area contributed by atoms with E-state index in [9.17, 15) is 4.79 Å². The van der Waals surface area contributed by atoms with E-state index >= 15 is 0 Å². The fraction of sp³-hybridized carbons (Fsp3) is 0.500. The number of carbonyl (C=O) groups excluding carboxylic acids is 1. The van der Waals surface area contributed by atoms with Crippen molar-refractivity contribution in [1.29, 1.82) is 0 Å². The van der Waals surface area contributed by atoms with Gasteiger partial charge in [0.2, 0.25) is 5.91 Å². The van der Waals surface area contributed by atoms with E-state index in [1.807, 2.05) is 45.0 Å². The quantitative estimate of drug-likeness (QED) is 0.854. The second kappa shape index (κ2) is 4.98. The van der Waals surface area contributed by atoms with Crippen LogP contribution in [0.4, 0.5) is 0 Å². The molecule has 0 radical (unpaired) electrons. The van der Waals surface area contributed by atoms with Crippen LogP contribution < -0.4 is 15.4 Å². The number of nitrogens with one attached hydrogen (secondary N) is 2. The van der Waals surface area contributed by atoms with E-state index < -0.39 is 0 Å². The first-order chi connectivity index (χ1) is 8.46. The van der Waals surface area contributed by atoms with Crippen LogP contribution in [0, 0.1) is 0 Å². The standard InChI is InChI=1S/C14H20N2O2/c1-14(2,3)16-13(17)8-15-11-9-18-12-7-5-4-6-10(11)12/h4-7,11,15H,8-9H2,1-3H3,(H,16,17). The maximum atomic E-state index is 11.7. The Morgan fingerprint density at radius 3 is 2.83 bits per heavy atom. The van der Waals surface area contributed by atoms with Gasteiger partial charge in [0.05, 0.1) is 12.6 Å². The Morgan fingerprint density at radius 1 is 1.39 bits per heavy atom. The van der Waals surface area contributed by atoms with Crippen LogP contribution in [0.15, 0.2) is 24.3 Å². The smallest absolute Gasteiger partial charge is 0.234 e. The van der Waals surface area contributed by atoms with Gasteiger partial charge in [-0.1, -0.05) is 18.2 Å². The number of amides is 1. The molecular weight excluding hydrogens is 228 g/mol. The van der Waals surface area contributed by atoms with Crippen LogP contribution in [0.3, 0.4) is 0 Å². The second-order valence-corrected chi connectivity index (χ2v) is 5.58. The summed E-state index contributed by atoms with van der Waals surface area (Å²) in [5.74, 6) is 0.915. The second-order valence-electron chi connectivity index (χ2n) is 5.58. The molecule has 0 aromatic heterocycles. The number of para-hydroxylation sites is 1. The third-order valence-corrected chi connectivity index (χ3v) is 2.72. The molecule has 1 unspecified atom stereocenters. The normalized spacial score (nSPS) is 18.1. The molecule has 1 aromatic rings. The van der Waals surface area contributed by atoms with Gasteiger partial charge in [0.1, 0.15) is 12.4 Å². The van der Waals surface area contributed by atoms with Gasteiger partial charge >= 0.3 is 0 Å². The molecule has 1 aromatic carbocycles. The molecule has 0 aliphatic carbocycles. The lowest BCUT2D eigenvalue weighted by atomic mass is 10.1. The third-order valence-electron chi connectivity index (χ3n) is 2.72. The maximum Gasteiger partial charge on any atom is 0.234 e. The molecule has 2 rings (SSSR count). The SMILES string of the molecule is CC(C)(C)NC(=O)CNC1COc2ccccc21. The van der Waals surface area contributed by atoms with Crippen LogP contribution in [0.2, 0.25) is 0 Å². The molecule has 2 N–H and O–H groups in total. The fourth-order valence-corrected chi connectivity index (χ4v) is 2.01. The highest BCUT2D eigenvalue weighted by Crippen LogP contribution is 2.31. The Bertz CT molecular complexity index is 438. The van der Waals surface area contributed by atoms with Crippen LogP contribution in [0.5, 0.6) is 5.75 Å². The Labute approximate surface area is 108 Å². The largest absolute Gasteiger partial charge is 0.491 e. The zero-order chi connectivity index (χ0) is 13.2.